The molecule has 0 saturated carbocycles. The number of hydrogen-bond acceptors (Lipinski definition) is 2. The van der Waals surface area contributed by atoms with E-state index in [9.17, 15) is 13.2 Å². The van der Waals surface area contributed by atoms with Crippen molar-refractivity contribution < 1.29 is 13.2 Å². The first kappa shape index (κ1) is 12.6. The third-order valence-electron chi connectivity index (χ3n) is 2.29. The summed E-state index contributed by atoms with van der Waals surface area (Å²) in [5.41, 5.74) is -0.551. The molecule has 0 radical (unpaired) electrons. The first-order valence-corrected chi connectivity index (χ1v) is 6.11. The van der Waals surface area contributed by atoms with Crippen molar-refractivity contribution in [1.82, 2.24) is 14.8 Å². The van der Waals surface area contributed by atoms with Crippen molar-refractivity contribution in [3.05, 3.63) is 21.5 Å². The Kier molecular flexibility index (Phi) is 3.28. The molecule has 0 aliphatic carbocycles. The molecule has 2 rings (SSSR count). The summed E-state index contributed by atoms with van der Waals surface area (Å²) in [5, 5.41) is 3.73. The number of pyridine rings is 1. The molecule has 0 N–H and O–H groups in total. The van der Waals surface area contributed by atoms with Crippen LogP contribution >= 0.6 is 22.6 Å². The van der Waals surface area contributed by atoms with E-state index in [2.05, 4.69) is 10.1 Å². The lowest BCUT2D eigenvalue weighted by molar-refractivity contribution is -0.140. The lowest BCUT2D eigenvalue weighted by atomic mass is 10.2. The summed E-state index contributed by atoms with van der Waals surface area (Å²) in [6.07, 6.45) is -2.24. The fourth-order valence-electron chi connectivity index (χ4n) is 1.63. The summed E-state index contributed by atoms with van der Waals surface area (Å²) in [6, 6.07) is 1.55. The SMILES string of the molecule is CCCn1nc(C(F)(F)F)c2c(I)ccnc21. The molecule has 2 heterocycles. The highest BCUT2D eigenvalue weighted by Gasteiger charge is 2.37. The number of fused-ring (bicyclic) bond motifs is 1. The summed E-state index contributed by atoms with van der Waals surface area (Å²) in [7, 11) is 0. The minimum Gasteiger partial charge on any atom is -0.247 e. The van der Waals surface area contributed by atoms with Gasteiger partial charge in [0.25, 0.3) is 0 Å². The zero-order chi connectivity index (χ0) is 12.6. The van der Waals surface area contributed by atoms with Crippen LogP contribution in [0.2, 0.25) is 0 Å². The maximum atomic E-state index is 12.8. The second kappa shape index (κ2) is 4.43. The molecule has 7 heteroatoms. The molecular weight excluding hydrogens is 346 g/mol. The second-order valence-corrected chi connectivity index (χ2v) is 4.72. The number of alkyl halides is 3. The molecule has 17 heavy (non-hydrogen) atoms. The normalized spacial score (nSPS) is 12.3. The van der Waals surface area contributed by atoms with Crippen LogP contribution in [0.15, 0.2) is 12.3 Å². The van der Waals surface area contributed by atoms with E-state index in [1.54, 1.807) is 6.07 Å². The zero-order valence-electron chi connectivity index (χ0n) is 8.92. The number of hydrogen-bond donors (Lipinski definition) is 0. The standard InChI is InChI=1S/C10H9F3IN3/c1-2-5-17-9-7(6(14)3-4-15-9)8(16-17)10(11,12)13/h3-4H,2,5H2,1H3. The molecule has 0 aliphatic rings. The molecule has 3 nitrogen and oxygen atoms in total. The monoisotopic (exact) mass is 355 g/mol. The van der Waals surface area contributed by atoms with Gasteiger partial charge in [-0.2, -0.15) is 18.3 Å². The Hall–Kier alpha value is -0.860. The molecule has 0 saturated heterocycles. The van der Waals surface area contributed by atoms with Gasteiger partial charge in [0.15, 0.2) is 11.3 Å². The number of nitrogens with zero attached hydrogens (tertiary/aromatic N) is 3. The van der Waals surface area contributed by atoms with E-state index >= 15 is 0 Å². The van der Waals surface area contributed by atoms with E-state index < -0.39 is 11.9 Å². The zero-order valence-corrected chi connectivity index (χ0v) is 11.1. The molecule has 0 spiro atoms. The highest BCUT2D eigenvalue weighted by Crippen LogP contribution is 2.35. The van der Waals surface area contributed by atoms with Gasteiger partial charge in [-0.3, -0.25) is 0 Å². The van der Waals surface area contributed by atoms with E-state index in [0.717, 1.165) is 0 Å². The number of aryl methyl sites for hydroxylation is 1. The van der Waals surface area contributed by atoms with E-state index in [0.29, 0.717) is 22.2 Å². The highest BCUT2D eigenvalue weighted by atomic mass is 127. The van der Waals surface area contributed by atoms with Crippen LogP contribution in [-0.2, 0) is 12.7 Å². The van der Waals surface area contributed by atoms with Gasteiger partial charge < -0.3 is 0 Å². The van der Waals surface area contributed by atoms with Crippen LogP contribution in [0.25, 0.3) is 11.0 Å². The van der Waals surface area contributed by atoms with Crippen LogP contribution in [0.3, 0.4) is 0 Å². The Morgan fingerprint density at radius 2 is 2.12 bits per heavy atom. The third-order valence-corrected chi connectivity index (χ3v) is 3.18. The molecule has 2 aromatic heterocycles. The maximum absolute atomic E-state index is 12.8. The predicted molar refractivity (Wildman–Crippen MR) is 65.5 cm³/mol. The molecule has 0 atom stereocenters. The Morgan fingerprint density at radius 1 is 1.41 bits per heavy atom. The van der Waals surface area contributed by atoms with Gasteiger partial charge in [0, 0.05) is 16.3 Å². The molecule has 0 aliphatic heterocycles. The predicted octanol–water partition coefficient (Wildman–Crippen LogP) is 3.46. The van der Waals surface area contributed by atoms with Crippen LogP contribution in [0.4, 0.5) is 13.2 Å². The Morgan fingerprint density at radius 3 is 2.71 bits per heavy atom. The van der Waals surface area contributed by atoms with Gasteiger partial charge in [-0.05, 0) is 35.1 Å². The number of halogens is 4. The summed E-state index contributed by atoms with van der Waals surface area (Å²) >= 11 is 1.87. The van der Waals surface area contributed by atoms with Crippen molar-refractivity contribution in [1.29, 1.82) is 0 Å². The Labute approximate surface area is 109 Å². The molecule has 0 unspecified atom stereocenters. The van der Waals surface area contributed by atoms with Crippen molar-refractivity contribution in [2.24, 2.45) is 0 Å². The molecular formula is C10H9F3IN3. The van der Waals surface area contributed by atoms with Gasteiger partial charge in [-0.15, -0.1) is 0 Å². The van der Waals surface area contributed by atoms with E-state index in [1.807, 2.05) is 29.5 Å². The molecule has 92 valence electrons. The molecule has 0 aromatic carbocycles. The van der Waals surface area contributed by atoms with Crippen molar-refractivity contribution in [2.45, 2.75) is 26.1 Å². The number of rotatable bonds is 2. The Balaban J connectivity index is 2.76. The van der Waals surface area contributed by atoms with Crippen molar-refractivity contribution in [3.63, 3.8) is 0 Å². The van der Waals surface area contributed by atoms with Gasteiger partial charge >= 0.3 is 6.18 Å². The van der Waals surface area contributed by atoms with Gasteiger partial charge in [0.1, 0.15) is 0 Å². The first-order chi connectivity index (χ1) is 7.95. The van der Waals surface area contributed by atoms with Crippen LogP contribution in [0.5, 0.6) is 0 Å². The van der Waals surface area contributed by atoms with Crippen LogP contribution in [0, 0.1) is 3.57 Å². The topological polar surface area (TPSA) is 30.7 Å². The maximum Gasteiger partial charge on any atom is 0.435 e. The largest absolute Gasteiger partial charge is 0.435 e. The fraction of sp³-hybridized carbons (Fsp3) is 0.400. The van der Waals surface area contributed by atoms with Gasteiger partial charge in [-0.1, -0.05) is 6.92 Å². The van der Waals surface area contributed by atoms with Gasteiger partial charge in [-0.25, -0.2) is 9.67 Å². The van der Waals surface area contributed by atoms with Crippen molar-refractivity contribution in [3.8, 4) is 0 Å². The smallest absolute Gasteiger partial charge is 0.247 e. The van der Waals surface area contributed by atoms with Crippen LogP contribution < -0.4 is 0 Å². The van der Waals surface area contributed by atoms with Crippen molar-refractivity contribution in [2.75, 3.05) is 0 Å². The number of aromatic nitrogens is 3. The van der Waals surface area contributed by atoms with Gasteiger partial charge in [0.05, 0.1) is 5.39 Å². The molecule has 0 amide bonds. The molecule has 2 aromatic rings. The highest BCUT2D eigenvalue weighted by molar-refractivity contribution is 14.1. The van der Waals surface area contributed by atoms with Gasteiger partial charge in [0.2, 0.25) is 0 Å². The summed E-state index contributed by atoms with van der Waals surface area (Å²) in [6.45, 7) is 2.31. The van der Waals surface area contributed by atoms with Crippen LogP contribution in [-0.4, -0.2) is 14.8 Å². The first-order valence-electron chi connectivity index (χ1n) is 5.03. The van der Waals surface area contributed by atoms with E-state index in [1.165, 1.54) is 10.9 Å². The molecule has 0 bridgehead atoms. The van der Waals surface area contributed by atoms with Crippen LogP contribution in [0.1, 0.15) is 19.0 Å². The summed E-state index contributed by atoms with van der Waals surface area (Å²) in [5.74, 6) is 0. The minimum absolute atomic E-state index is 0.0917. The average molecular weight is 355 g/mol. The average Bonchev–Trinajstić information content (AvgIpc) is 2.59. The summed E-state index contributed by atoms with van der Waals surface area (Å²) in [4.78, 5) is 3.99. The fourth-order valence-corrected chi connectivity index (χ4v) is 2.28. The molecule has 0 fully saturated rings. The Bertz CT molecular complexity index is 547. The van der Waals surface area contributed by atoms with E-state index in [4.69, 9.17) is 0 Å². The summed E-state index contributed by atoms with van der Waals surface area (Å²) < 4.78 is 40.4. The lowest BCUT2D eigenvalue weighted by Crippen LogP contribution is -2.08. The minimum atomic E-state index is -4.44. The van der Waals surface area contributed by atoms with E-state index in [-0.39, 0.29) is 5.39 Å². The quantitative estimate of drug-likeness (QED) is 0.773. The lowest BCUT2D eigenvalue weighted by Gasteiger charge is -2.02. The third kappa shape index (κ3) is 2.24. The second-order valence-electron chi connectivity index (χ2n) is 3.56. The van der Waals surface area contributed by atoms with Crippen molar-refractivity contribution >= 4 is 33.6 Å².